The highest BCUT2D eigenvalue weighted by Crippen LogP contribution is 2.11. The fourth-order valence-electron chi connectivity index (χ4n) is 1.32. The van der Waals surface area contributed by atoms with Crippen molar-refractivity contribution >= 4 is 11.8 Å². The van der Waals surface area contributed by atoms with Gasteiger partial charge in [-0.25, -0.2) is 0 Å². The summed E-state index contributed by atoms with van der Waals surface area (Å²) < 4.78 is 10.9. The van der Waals surface area contributed by atoms with Crippen molar-refractivity contribution in [2.75, 3.05) is 24.7 Å². The second-order valence-corrected chi connectivity index (χ2v) is 4.67. The van der Waals surface area contributed by atoms with Gasteiger partial charge in [-0.1, -0.05) is 19.8 Å². The van der Waals surface area contributed by atoms with Crippen molar-refractivity contribution in [2.45, 2.75) is 52.7 Å². The predicted molar refractivity (Wildman–Crippen MR) is 68.5 cm³/mol. The predicted octanol–water partition coefficient (Wildman–Crippen LogP) is 3.70. The molecule has 0 aromatic heterocycles. The lowest BCUT2D eigenvalue weighted by Gasteiger charge is -2.16. The first-order chi connectivity index (χ1) is 7.35. The molecule has 0 aliphatic rings. The van der Waals surface area contributed by atoms with E-state index in [1.807, 2.05) is 25.6 Å². The fourth-order valence-corrected chi connectivity index (χ4v) is 2.29. The van der Waals surface area contributed by atoms with Gasteiger partial charge in [-0.05, 0) is 31.8 Å². The molecule has 0 atom stereocenters. The van der Waals surface area contributed by atoms with Gasteiger partial charge in [0.05, 0.1) is 0 Å². The molecular weight excluding hydrogens is 208 g/mol. The summed E-state index contributed by atoms with van der Waals surface area (Å²) in [6.45, 7) is 7.75. The molecule has 2 nitrogen and oxygen atoms in total. The molecule has 0 aliphatic carbocycles. The smallest absolute Gasteiger partial charge is 0.158 e. The molecule has 0 aromatic carbocycles. The van der Waals surface area contributed by atoms with Crippen molar-refractivity contribution in [2.24, 2.45) is 0 Å². The summed E-state index contributed by atoms with van der Waals surface area (Å²) in [5.41, 5.74) is 0. The zero-order chi connectivity index (χ0) is 11.4. The van der Waals surface area contributed by atoms with E-state index in [2.05, 4.69) is 6.92 Å². The highest BCUT2D eigenvalue weighted by atomic mass is 32.2. The third-order valence-corrected chi connectivity index (χ3v) is 3.20. The highest BCUT2D eigenvalue weighted by molar-refractivity contribution is 7.99. The molecule has 0 bridgehead atoms. The van der Waals surface area contributed by atoms with E-state index in [1.165, 1.54) is 25.0 Å². The summed E-state index contributed by atoms with van der Waals surface area (Å²) in [5.74, 6) is 2.42. The van der Waals surface area contributed by atoms with Crippen molar-refractivity contribution in [1.29, 1.82) is 0 Å². The van der Waals surface area contributed by atoms with Crippen LogP contribution in [0.25, 0.3) is 0 Å². The van der Waals surface area contributed by atoms with Crippen LogP contribution in [0.1, 0.15) is 46.5 Å². The Morgan fingerprint density at radius 1 is 0.933 bits per heavy atom. The van der Waals surface area contributed by atoms with Crippen LogP contribution >= 0.6 is 11.8 Å². The van der Waals surface area contributed by atoms with Crippen LogP contribution in [0.15, 0.2) is 0 Å². The van der Waals surface area contributed by atoms with Gasteiger partial charge in [0.15, 0.2) is 6.29 Å². The Morgan fingerprint density at radius 2 is 1.60 bits per heavy atom. The maximum absolute atomic E-state index is 5.47. The summed E-state index contributed by atoms with van der Waals surface area (Å²) in [6.07, 6.45) is 5.03. The molecule has 0 saturated heterocycles. The van der Waals surface area contributed by atoms with Crippen LogP contribution in [0.3, 0.4) is 0 Å². The Balaban J connectivity index is 3.28. The molecule has 0 radical (unpaired) electrons. The molecule has 0 aliphatic heterocycles. The number of rotatable bonds is 11. The number of hydrogen-bond acceptors (Lipinski definition) is 3. The van der Waals surface area contributed by atoms with E-state index in [1.54, 1.807) is 0 Å². The molecule has 92 valence electrons. The summed E-state index contributed by atoms with van der Waals surface area (Å²) >= 11 is 2.01. The maximum Gasteiger partial charge on any atom is 0.158 e. The molecule has 0 heterocycles. The summed E-state index contributed by atoms with van der Waals surface area (Å²) in [4.78, 5) is 0. The first kappa shape index (κ1) is 15.3. The number of hydrogen-bond donors (Lipinski definition) is 0. The molecule has 0 unspecified atom stereocenters. The third-order valence-electron chi connectivity index (χ3n) is 2.10. The van der Waals surface area contributed by atoms with Crippen LogP contribution in [-0.2, 0) is 9.47 Å². The topological polar surface area (TPSA) is 18.5 Å². The Hall–Kier alpha value is 0.270. The van der Waals surface area contributed by atoms with E-state index in [9.17, 15) is 0 Å². The molecule has 0 amide bonds. The lowest BCUT2D eigenvalue weighted by molar-refractivity contribution is -0.136. The summed E-state index contributed by atoms with van der Waals surface area (Å²) in [7, 11) is 0. The zero-order valence-corrected chi connectivity index (χ0v) is 11.3. The van der Waals surface area contributed by atoms with Crippen LogP contribution in [-0.4, -0.2) is 31.0 Å². The van der Waals surface area contributed by atoms with Gasteiger partial charge < -0.3 is 9.47 Å². The van der Waals surface area contributed by atoms with Crippen molar-refractivity contribution < 1.29 is 9.47 Å². The van der Waals surface area contributed by atoms with Gasteiger partial charge >= 0.3 is 0 Å². The zero-order valence-electron chi connectivity index (χ0n) is 10.5. The number of ether oxygens (including phenoxy) is 2. The molecule has 0 N–H and O–H groups in total. The van der Waals surface area contributed by atoms with Crippen molar-refractivity contribution in [3.05, 3.63) is 0 Å². The minimum absolute atomic E-state index is 0.0127. The molecule has 0 fully saturated rings. The molecule has 0 saturated carbocycles. The van der Waals surface area contributed by atoms with E-state index in [0.29, 0.717) is 0 Å². The summed E-state index contributed by atoms with van der Waals surface area (Å²) in [5, 5.41) is 0. The van der Waals surface area contributed by atoms with Gasteiger partial charge in [0.25, 0.3) is 0 Å². The first-order valence-electron chi connectivity index (χ1n) is 6.16. The van der Waals surface area contributed by atoms with Crippen LogP contribution in [0, 0.1) is 0 Å². The number of thioether (sulfide) groups is 1. The van der Waals surface area contributed by atoms with Gasteiger partial charge in [0, 0.05) is 19.6 Å². The Kier molecular flexibility index (Phi) is 12.6. The fraction of sp³-hybridized carbons (Fsp3) is 1.00. The third kappa shape index (κ3) is 10.6. The first-order valence-corrected chi connectivity index (χ1v) is 7.31. The average molecular weight is 234 g/mol. The van der Waals surface area contributed by atoms with Crippen molar-refractivity contribution in [3.63, 3.8) is 0 Å². The van der Waals surface area contributed by atoms with E-state index < -0.39 is 0 Å². The molecule has 15 heavy (non-hydrogen) atoms. The van der Waals surface area contributed by atoms with Crippen LogP contribution < -0.4 is 0 Å². The van der Waals surface area contributed by atoms with Gasteiger partial charge in [-0.15, -0.1) is 0 Å². The SMILES string of the molecule is CCCCCSCCC(OCC)OCC. The minimum Gasteiger partial charge on any atom is -0.353 e. The quantitative estimate of drug-likeness (QED) is 0.401. The number of unbranched alkanes of at least 4 members (excludes halogenated alkanes) is 2. The summed E-state index contributed by atoms with van der Waals surface area (Å²) in [6, 6.07) is 0. The highest BCUT2D eigenvalue weighted by Gasteiger charge is 2.06. The second-order valence-electron chi connectivity index (χ2n) is 3.45. The maximum atomic E-state index is 5.47. The monoisotopic (exact) mass is 234 g/mol. The van der Waals surface area contributed by atoms with Crippen LogP contribution in [0.4, 0.5) is 0 Å². The van der Waals surface area contributed by atoms with E-state index in [4.69, 9.17) is 9.47 Å². The van der Waals surface area contributed by atoms with Crippen LogP contribution in [0.5, 0.6) is 0 Å². The van der Waals surface area contributed by atoms with Gasteiger partial charge in [0.1, 0.15) is 0 Å². The van der Waals surface area contributed by atoms with E-state index in [-0.39, 0.29) is 6.29 Å². The van der Waals surface area contributed by atoms with Gasteiger partial charge in [0.2, 0.25) is 0 Å². The standard InChI is InChI=1S/C12H26O2S/c1-4-7-8-10-15-11-9-12(13-5-2)14-6-3/h12H,4-11H2,1-3H3. The second kappa shape index (κ2) is 12.3. The van der Waals surface area contributed by atoms with Crippen LogP contribution in [0.2, 0.25) is 0 Å². The Labute approximate surface area is 99.1 Å². The molecule has 0 aromatic rings. The van der Waals surface area contributed by atoms with E-state index >= 15 is 0 Å². The molecule has 3 heteroatoms. The lowest BCUT2D eigenvalue weighted by atomic mass is 10.3. The van der Waals surface area contributed by atoms with Crippen molar-refractivity contribution in [1.82, 2.24) is 0 Å². The normalized spacial score (nSPS) is 11.2. The average Bonchev–Trinajstić information content (AvgIpc) is 2.24. The lowest BCUT2D eigenvalue weighted by Crippen LogP contribution is -2.18. The largest absolute Gasteiger partial charge is 0.353 e. The molecular formula is C12H26O2S. The Bertz CT molecular complexity index is 114. The molecule has 0 spiro atoms. The van der Waals surface area contributed by atoms with E-state index in [0.717, 1.165) is 25.4 Å². The minimum atomic E-state index is 0.0127. The van der Waals surface area contributed by atoms with Crippen molar-refractivity contribution in [3.8, 4) is 0 Å². The van der Waals surface area contributed by atoms with Gasteiger partial charge in [-0.2, -0.15) is 11.8 Å². The van der Waals surface area contributed by atoms with Gasteiger partial charge in [-0.3, -0.25) is 0 Å². The molecule has 0 rings (SSSR count). The Morgan fingerprint density at radius 3 is 2.13 bits per heavy atom.